The third-order valence-electron chi connectivity index (χ3n) is 3.78. The fourth-order valence-corrected chi connectivity index (χ4v) is 2.49. The maximum Gasteiger partial charge on any atom is 0.227 e. The van der Waals surface area contributed by atoms with Gasteiger partial charge in [-0.25, -0.2) is 0 Å². The van der Waals surface area contributed by atoms with Crippen LogP contribution in [0.5, 0.6) is 11.5 Å². The second kappa shape index (κ2) is 11.0. The minimum Gasteiger partial charge on any atom is -0.493 e. The van der Waals surface area contributed by atoms with Crippen molar-refractivity contribution in [2.45, 2.75) is 19.8 Å². The summed E-state index contributed by atoms with van der Waals surface area (Å²) in [5.41, 5.74) is 6.15. The van der Waals surface area contributed by atoms with Crippen LogP contribution in [0.2, 0.25) is 5.02 Å². The summed E-state index contributed by atoms with van der Waals surface area (Å²) in [6.45, 7) is 3.05. The summed E-state index contributed by atoms with van der Waals surface area (Å²) in [5.74, 6) is 1.79. The Morgan fingerprint density at radius 3 is 2.74 bits per heavy atom. The number of nitrogens with zero attached hydrogens (tertiary/aromatic N) is 2. The number of carbonyl (C=O) groups excluding carboxylic acids is 1. The third-order valence-corrected chi connectivity index (χ3v) is 4.06. The van der Waals surface area contributed by atoms with Crippen molar-refractivity contribution in [1.82, 2.24) is 15.5 Å². The first-order valence-electron chi connectivity index (χ1n) is 8.19. The predicted molar refractivity (Wildman–Crippen MR) is 105 cm³/mol. The van der Waals surface area contributed by atoms with Crippen molar-refractivity contribution in [3.8, 4) is 22.9 Å². The van der Waals surface area contributed by atoms with E-state index in [0.717, 1.165) is 0 Å². The number of hydrogen-bond donors (Lipinski definition) is 2. The first-order chi connectivity index (χ1) is 12.5. The van der Waals surface area contributed by atoms with Gasteiger partial charge in [0.05, 0.1) is 19.2 Å². The Hall–Kier alpha value is -2.03. The molecule has 1 heterocycles. The zero-order chi connectivity index (χ0) is 19.1. The van der Waals surface area contributed by atoms with Gasteiger partial charge in [-0.3, -0.25) is 4.79 Å². The number of halogens is 2. The van der Waals surface area contributed by atoms with Crippen LogP contribution in [-0.2, 0) is 11.2 Å². The maximum absolute atomic E-state index is 11.8. The lowest BCUT2D eigenvalue weighted by Crippen LogP contribution is -2.31. The van der Waals surface area contributed by atoms with Gasteiger partial charge in [0.1, 0.15) is 0 Å². The number of methoxy groups -OCH3 is 2. The Morgan fingerprint density at radius 2 is 2.11 bits per heavy atom. The molecule has 0 saturated heterocycles. The lowest BCUT2D eigenvalue weighted by atomic mass is 10.2. The molecule has 1 unspecified atom stereocenters. The molecule has 0 aliphatic carbocycles. The molecule has 1 amide bonds. The van der Waals surface area contributed by atoms with Gasteiger partial charge in [0.25, 0.3) is 0 Å². The third kappa shape index (κ3) is 6.27. The van der Waals surface area contributed by atoms with Gasteiger partial charge >= 0.3 is 0 Å². The molecule has 1 atom stereocenters. The molecule has 0 radical (unpaired) electrons. The molecule has 0 fully saturated rings. The van der Waals surface area contributed by atoms with Crippen molar-refractivity contribution in [3.05, 3.63) is 23.0 Å². The average Bonchev–Trinajstić information content (AvgIpc) is 3.12. The summed E-state index contributed by atoms with van der Waals surface area (Å²) in [5, 5.41) is 7.13. The number of ether oxygens (including phenoxy) is 2. The Balaban J connectivity index is 0.00000364. The highest BCUT2D eigenvalue weighted by atomic mass is 35.5. The largest absolute Gasteiger partial charge is 0.493 e. The van der Waals surface area contributed by atoms with E-state index in [-0.39, 0.29) is 30.7 Å². The smallest absolute Gasteiger partial charge is 0.227 e. The summed E-state index contributed by atoms with van der Waals surface area (Å²) in [6, 6.07) is 3.37. The molecule has 2 aromatic rings. The number of aryl methyl sites for hydroxylation is 1. The molecule has 8 nitrogen and oxygen atoms in total. The van der Waals surface area contributed by atoms with Crippen LogP contribution in [0, 0.1) is 5.92 Å². The topological polar surface area (TPSA) is 112 Å². The number of hydrogen-bond acceptors (Lipinski definition) is 7. The number of nitrogens with two attached hydrogens (primary N) is 1. The molecule has 0 aliphatic rings. The van der Waals surface area contributed by atoms with Crippen molar-refractivity contribution in [2.24, 2.45) is 11.7 Å². The quantitative estimate of drug-likeness (QED) is 0.642. The molecule has 2 rings (SSSR count). The zero-order valence-corrected chi connectivity index (χ0v) is 17.0. The highest BCUT2D eigenvalue weighted by Crippen LogP contribution is 2.38. The summed E-state index contributed by atoms with van der Waals surface area (Å²) in [4.78, 5) is 16.1. The van der Waals surface area contributed by atoms with Crippen LogP contribution in [0.25, 0.3) is 11.4 Å². The van der Waals surface area contributed by atoms with Gasteiger partial charge in [-0.1, -0.05) is 23.7 Å². The van der Waals surface area contributed by atoms with Crippen molar-refractivity contribution < 1.29 is 18.8 Å². The first kappa shape index (κ1) is 23.0. The number of nitrogens with one attached hydrogen (secondary N) is 1. The minimum absolute atomic E-state index is 0. The van der Waals surface area contributed by atoms with Crippen LogP contribution >= 0.6 is 24.0 Å². The van der Waals surface area contributed by atoms with Crippen molar-refractivity contribution in [1.29, 1.82) is 0 Å². The van der Waals surface area contributed by atoms with E-state index in [1.807, 2.05) is 6.92 Å². The fraction of sp³-hybridized carbons (Fsp3) is 0.471. The van der Waals surface area contributed by atoms with Gasteiger partial charge < -0.3 is 25.0 Å². The Kier molecular flexibility index (Phi) is 9.34. The van der Waals surface area contributed by atoms with E-state index in [1.165, 1.54) is 14.2 Å². The molecular weight excluding hydrogens is 395 g/mol. The van der Waals surface area contributed by atoms with E-state index in [1.54, 1.807) is 12.1 Å². The van der Waals surface area contributed by atoms with Gasteiger partial charge in [-0.15, -0.1) is 12.4 Å². The molecule has 0 saturated carbocycles. The van der Waals surface area contributed by atoms with Gasteiger partial charge in [-0.05, 0) is 24.6 Å². The zero-order valence-electron chi connectivity index (χ0n) is 15.5. The normalized spacial score (nSPS) is 11.4. The molecule has 10 heteroatoms. The van der Waals surface area contributed by atoms with Gasteiger partial charge in [0.15, 0.2) is 11.5 Å². The second-order valence-corrected chi connectivity index (χ2v) is 6.26. The number of amides is 1. The maximum atomic E-state index is 11.8. The van der Waals surface area contributed by atoms with Gasteiger partial charge in [0, 0.05) is 24.9 Å². The van der Waals surface area contributed by atoms with Crippen LogP contribution in [0.15, 0.2) is 16.7 Å². The van der Waals surface area contributed by atoms with Crippen molar-refractivity contribution in [2.75, 3.05) is 27.3 Å². The summed E-state index contributed by atoms with van der Waals surface area (Å²) >= 11 is 6.19. The molecule has 0 spiro atoms. The van der Waals surface area contributed by atoms with E-state index >= 15 is 0 Å². The van der Waals surface area contributed by atoms with Crippen LogP contribution < -0.4 is 20.5 Å². The molecule has 0 bridgehead atoms. The highest BCUT2D eigenvalue weighted by molar-refractivity contribution is 6.32. The average molecular weight is 419 g/mol. The predicted octanol–water partition coefficient (Wildman–Crippen LogP) is 2.47. The lowest BCUT2D eigenvalue weighted by molar-refractivity contribution is -0.121. The molecule has 3 N–H and O–H groups in total. The van der Waals surface area contributed by atoms with Gasteiger partial charge in [-0.2, -0.15) is 4.98 Å². The molecule has 1 aromatic carbocycles. The number of benzene rings is 1. The van der Waals surface area contributed by atoms with Crippen LogP contribution in [0.1, 0.15) is 19.2 Å². The number of aromatic nitrogens is 2. The molecular formula is C17H24Cl2N4O4. The molecule has 150 valence electrons. The lowest BCUT2D eigenvalue weighted by Gasteiger charge is -2.10. The van der Waals surface area contributed by atoms with Crippen molar-refractivity contribution in [3.63, 3.8) is 0 Å². The summed E-state index contributed by atoms with van der Waals surface area (Å²) < 4.78 is 15.7. The molecule has 27 heavy (non-hydrogen) atoms. The Labute approximate surface area is 169 Å². The van der Waals surface area contributed by atoms with Crippen LogP contribution in [-0.4, -0.2) is 43.4 Å². The highest BCUT2D eigenvalue weighted by Gasteiger charge is 2.16. The van der Waals surface area contributed by atoms with Gasteiger partial charge in [0.2, 0.25) is 17.6 Å². The summed E-state index contributed by atoms with van der Waals surface area (Å²) in [6.07, 6.45) is 0.600. The standard InChI is InChI=1S/C17H23ClN4O4.ClH/c1-10(8-19)9-20-14(23)4-5-15-21-17(22-26-15)11-6-12(18)16(25-3)13(7-11)24-2;/h6-7,10H,4-5,8-9,19H2,1-3H3,(H,20,23);1H. The van der Waals surface area contributed by atoms with Crippen LogP contribution in [0.3, 0.4) is 0 Å². The van der Waals surface area contributed by atoms with E-state index < -0.39 is 0 Å². The molecule has 0 aliphatic heterocycles. The number of rotatable bonds is 9. The minimum atomic E-state index is -0.0841. The van der Waals surface area contributed by atoms with E-state index in [2.05, 4.69) is 15.5 Å². The fourth-order valence-electron chi connectivity index (χ4n) is 2.20. The number of carbonyl (C=O) groups is 1. The Morgan fingerprint density at radius 1 is 1.37 bits per heavy atom. The Bertz CT molecular complexity index is 755. The van der Waals surface area contributed by atoms with Crippen LogP contribution in [0.4, 0.5) is 0 Å². The van der Waals surface area contributed by atoms with E-state index in [9.17, 15) is 4.79 Å². The summed E-state index contributed by atoms with van der Waals surface area (Å²) in [7, 11) is 3.03. The van der Waals surface area contributed by atoms with E-state index in [4.69, 9.17) is 31.3 Å². The SMILES string of the molecule is COc1cc(-c2noc(CCC(=O)NCC(C)CN)n2)cc(Cl)c1OC.Cl. The second-order valence-electron chi connectivity index (χ2n) is 5.85. The molecule has 1 aromatic heterocycles. The van der Waals surface area contributed by atoms with E-state index in [0.29, 0.717) is 53.3 Å². The van der Waals surface area contributed by atoms with Crippen molar-refractivity contribution >= 4 is 29.9 Å². The monoisotopic (exact) mass is 418 g/mol. The first-order valence-corrected chi connectivity index (χ1v) is 8.57.